The predicted molar refractivity (Wildman–Crippen MR) is 101 cm³/mol. The lowest BCUT2D eigenvalue weighted by molar-refractivity contribution is -0.118. The van der Waals surface area contributed by atoms with Gasteiger partial charge >= 0.3 is 0 Å². The zero-order valence-electron chi connectivity index (χ0n) is 15.8. The van der Waals surface area contributed by atoms with E-state index in [2.05, 4.69) is 25.9 Å². The van der Waals surface area contributed by atoms with Gasteiger partial charge in [-0.25, -0.2) is 0 Å². The Morgan fingerprint density at radius 2 is 2.14 bits per heavy atom. The van der Waals surface area contributed by atoms with Crippen LogP contribution in [0.4, 0.5) is 5.69 Å². The number of anilines is 1. The van der Waals surface area contributed by atoms with Crippen LogP contribution in [-0.4, -0.2) is 32.9 Å². The lowest BCUT2D eigenvalue weighted by atomic mass is 10.1. The third kappa shape index (κ3) is 4.20. The van der Waals surface area contributed by atoms with Crippen molar-refractivity contribution >= 4 is 11.6 Å². The number of benzene rings is 1. The summed E-state index contributed by atoms with van der Waals surface area (Å²) in [4.78, 5) is 16.9. The zero-order chi connectivity index (χ0) is 19.5. The second-order valence-electron chi connectivity index (χ2n) is 6.79. The van der Waals surface area contributed by atoms with Crippen molar-refractivity contribution in [3.63, 3.8) is 0 Å². The van der Waals surface area contributed by atoms with Crippen molar-refractivity contribution in [3.05, 3.63) is 53.9 Å². The van der Waals surface area contributed by atoms with Crippen molar-refractivity contribution in [3.8, 4) is 5.75 Å². The Balaban J connectivity index is 1.32. The molecule has 146 valence electrons. The summed E-state index contributed by atoms with van der Waals surface area (Å²) in [6.07, 6.45) is 5.71. The third-order valence-corrected chi connectivity index (χ3v) is 4.51. The standard InChI is InChI=1S/C19H22N6O3/c1-20-17(13-9-21-25(2)10-13)18(26)22-14-5-7-15(8-6-14)27-11-16-23-19(28-24-16)12-3-4-12/h5-10,12,17,20H,3-4,11H2,1-2H3,(H,22,26). The van der Waals surface area contributed by atoms with E-state index in [1.807, 2.05) is 13.2 Å². The van der Waals surface area contributed by atoms with Crippen LogP contribution in [0, 0.1) is 0 Å². The molecule has 1 aliphatic rings. The van der Waals surface area contributed by atoms with Crippen LogP contribution < -0.4 is 15.4 Å². The Labute approximate surface area is 162 Å². The van der Waals surface area contributed by atoms with Gasteiger partial charge in [-0.05, 0) is 44.2 Å². The van der Waals surface area contributed by atoms with E-state index in [0.29, 0.717) is 29.1 Å². The number of ether oxygens (including phenoxy) is 1. The topological polar surface area (TPSA) is 107 Å². The SMILES string of the molecule is CNC(C(=O)Nc1ccc(OCc2noc(C3CC3)n2)cc1)c1cnn(C)c1. The third-order valence-electron chi connectivity index (χ3n) is 4.51. The van der Waals surface area contributed by atoms with Gasteiger partial charge < -0.3 is 19.9 Å². The summed E-state index contributed by atoms with van der Waals surface area (Å²) >= 11 is 0. The molecule has 0 aliphatic heterocycles. The summed E-state index contributed by atoms with van der Waals surface area (Å²) < 4.78 is 12.6. The normalized spacial score (nSPS) is 14.6. The first-order valence-electron chi connectivity index (χ1n) is 9.14. The molecule has 0 saturated heterocycles. The maximum absolute atomic E-state index is 12.5. The van der Waals surface area contributed by atoms with Crippen molar-refractivity contribution in [1.82, 2.24) is 25.2 Å². The number of carbonyl (C=O) groups excluding carboxylic acids is 1. The number of nitrogens with one attached hydrogen (secondary N) is 2. The molecule has 1 fully saturated rings. The summed E-state index contributed by atoms with van der Waals surface area (Å²) in [5.74, 6) is 2.16. The van der Waals surface area contributed by atoms with Crippen LogP contribution in [0.5, 0.6) is 5.75 Å². The van der Waals surface area contributed by atoms with Gasteiger partial charge in [0.25, 0.3) is 0 Å². The van der Waals surface area contributed by atoms with Crippen molar-refractivity contribution in [2.75, 3.05) is 12.4 Å². The quantitative estimate of drug-likeness (QED) is 0.615. The summed E-state index contributed by atoms with van der Waals surface area (Å²) in [6, 6.07) is 6.67. The lowest BCUT2D eigenvalue weighted by Gasteiger charge is -2.14. The molecule has 9 heteroatoms. The van der Waals surface area contributed by atoms with Gasteiger partial charge in [0, 0.05) is 30.4 Å². The number of hydrogen-bond acceptors (Lipinski definition) is 7. The number of aryl methyl sites for hydroxylation is 1. The minimum atomic E-state index is -0.483. The van der Waals surface area contributed by atoms with Gasteiger partial charge in [0.05, 0.1) is 6.20 Å². The second kappa shape index (κ2) is 7.81. The predicted octanol–water partition coefficient (Wildman–Crippen LogP) is 2.16. The fourth-order valence-corrected chi connectivity index (χ4v) is 2.86. The van der Waals surface area contributed by atoms with E-state index in [1.54, 1.807) is 42.2 Å². The van der Waals surface area contributed by atoms with Gasteiger partial charge in [0.2, 0.25) is 17.6 Å². The van der Waals surface area contributed by atoms with Gasteiger partial charge in [-0.2, -0.15) is 10.1 Å². The molecule has 2 heterocycles. The summed E-state index contributed by atoms with van der Waals surface area (Å²) in [5, 5.41) is 13.9. The highest BCUT2D eigenvalue weighted by atomic mass is 16.5. The van der Waals surface area contributed by atoms with E-state index in [-0.39, 0.29) is 12.5 Å². The monoisotopic (exact) mass is 382 g/mol. The van der Waals surface area contributed by atoms with Crippen LogP contribution in [-0.2, 0) is 18.4 Å². The van der Waals surface area contributed by atoms with Gasteiger partial charge in [0.1, 0.15) is 11.8 Å². The van der Waals surface area contributed by atoms with Crippen LogP contribution in [0.2, 0.25) is 0 Å². The fraction of sp³-hybridized carbons (Fsp3) is 0.368. The van der Waals surface area contributed by atoms with Crippen LogP contribution in [0.1, 0.15) is 42.1 Å². The molecule has 1 unspecified atom stereocenters. The molecule has 0 bridgehead atoms. The molecular weight excluding hydrogens is 360 g/mol. The Hall–Kier alpha value is -3.20. The zero-order valence-corrected chi connectivity index (χ0v) is 15.8. The first-order valence-corrected chi connectivity index (χ1v) is 9.14. The minimum absolute atomic E-state index is 0.163. The summed E-state index contributed by atoms with van der Waals surface area (Å²) in [5.41, 5.74) is 1.48. The van der Waals surface area contributed by atoms with Crippen LogP contribution >= 0.6 is 0 Å². The van der Waals surface area contributed by atoms with Crippen molar-refractivity contribution in [2.45, 2.75) is 31.4 Å². The number of nitrogens with zero attached hydrogens (tertiary/aromatic N) is 4. The summed E-state index contributed by atoms with van der Waals surface area (Å²) in [7, 11) is 3.55. The lowest BCUT2D eigenvalue weighted by Crippen LogP contribution is -2.30. The number of likely N-dealkylation sites (N-methyl/N-ethyl adjacent to an activating group) is 1. The molecule has 0 radical (unpaired) electrons. The van der Waals surface area contributed by atoms with Crippen molar-refractivity contribution in [1.29, 1.82) is 0 Å². The van der Waals surface area contributed by atoms with E-state index in [1.165, 1.54) is 0 Å². The van der Waals surface area contributed by atoms with Gasteiger partial charge in [0.15, 0.2) is 6.61 Å². The summed E-state index contributed by atoms with van der Waals surface area (Å²) in [6.45, 7) is 0.241. The molecule has 3 aromatic rings. The number of amides is 1. The number of aromatic nitrogens is 4. The van der Waals surface area contributed by atoms with Gasteiger partial charge in [-0.15, -0.1) is 0 Å². The van der Waals surface area contributed by atoms with Crippen LogP contribution in [0.3, 0.4) is 0 Å². The van der Waals surface area contributed by atoms with E-state index in [4.69, 9.17) is 9.26 Å². The molecule has 1 atom stereocenters. The molecule has 1 aliphatic carbocycles. The van der Waals surface area contributed by atoms with Crippen molar-refractivity contribution < 1.29 is 14.1 Å². The molecule has 2 N–H and O–H groups in total. The molecular formula is C19H22N6O3. The largest absolute Gasteiger partial charge is 0.485 e. The van der Waals surface area contributed by atoms with Gasteiger partial charge in [-0.3, -0.25) is 9.48 Å². The maximum atomic E-state index is 12.5. The van der Waals surface area contributed by atoms with Crippen LogP contribution in [0.15, 0.2) is 41.2 Å². The number of carbonyl (C=O) groups is 1. The molecule has 1 saturated carbocycles. The highest BCUT2D eigenvalue weighted by molar-refractivity contribution is 5.95. The van der Waals surface area contributed by atoms with Crippen molar-refractivity contribution in [2.24, 2.45) is 7.05 Å². The molecule has 1 amide bonds. The first-order chi connectivity index (χ1) is 13.6. The highest BCUT2D eigenvalue weighted by Gasteiger charge is 2.29. The minimum Gasteiger partial charge on any atom is -0.485 e. The molecule has 9 nitrogen and oxygen atoms in total. The Morgan fingerprint density at radius 3 is 2.79 bits per heavy atom. The Kier molecular flexibility index (Phi) is 5.07. The Morgan fingerprint density at radius 1 is 1.36 bits per heavy atom. The van der Waals surface area contributed by atoms with E-state index in [0.717, 1.165) is 18.4 Å². The maximum Gasteiger partial charge on any atom is 0.246 e. The second-order valence-corrected chi connectivity index (χ2v) is 6.79. The molecule has 4 rings (SSSR count). The highest BCUT2D eigenvalue weighted by Crippen LogP contribution is 2.38. The fourth-order valence-electron chi connectivity index (χ4n) is 2.86. The van der Waals surface area contributed by atoms with E-state index in [9.17, 15) is 4.79 Å². The van der Waals surface area contributed by atoms with Gasteiger partial charge in [-0.1, -0.05) is 5.16 Å². The molecule has 2 aromatic heterocycles. The number of hydrogen-bond donors (Lipinski definition) is 2. The number of rotatable bonds is 8. The molecule has 0 spiro atoms. The Bertz CT molecular complexity index is 945. The van der Waals surface area contributed by atoms with E-state index < -0.39 is 6.04 Å². The van der Waals surface area contributed by atoms with E-state index >= 15 is 0 Å². The average molecular weight is 382 g/mol. The van der Waals surface area contributed by atoms with Crippen LogP contribution in [0.25, 0.3) is 0 Å². The molecule has 28 heavy (non-hydrogen) atoms. The smallest absolute Gasteiger partial charge is 0.246 e. The average Bonchev–Trinajstić information content (AvgIpc) is 3.29. The first kappa shape index (κ1) is 18.2. The molecule has 1 aromatic carbocycles.